The molecule has 1 amide bonds. The molecule has 1 aliphatic carbocycles. The molecule has 1 heterocycles. The lowest BCUT2D eigenvalue weighted by Crippen LogP contribution is -2.33. The molecule has 1 aliphatic rings. The summed E-state index contributed by atoms with van der Waals surface area (Å²) in [6, 6.07) is 0. The molecule has 94 valence electrons. The van der Waals surface area contributed by atoms with Gasteiger partial charge in [0.1, 0.15) is 17.3 Å². The maximum Gasteiger partial charge on any atom is 0.227 e. The topological polar surface area (TPSA) is 94.9 Å². The highest BCUT2D eigenvalue weighted by molar-refractivity contribution is 6.31. The molecule has 18 heavy (non-hydrogen) atoms. The van der Waals surface area contributed by atoms with Crippen molar-refractivity contribution in [1.82, 2.24) is 9.97 Å². The van der Waals surface area contributed by atoms with Gasteiger partial charge in [-0.25, -0.2) is 9.97 Å². The Kier molecular flexibility index (Phi) is 3.09. The first kappa shape index (κ1) is 12.6. The number of rotatable bonds is 2. The van der Waals surface area contributed by atoms with Crippen LogP contribution in [0.5, 0.6) is 0 Å². The minimum absolute atomic E-state index is 0.274. The molecule has 2 rings (SSSR count). The highest BCUT2D eigenvalue weighted by Gasteiger charge is 2.32. The molecule has 0 saturated heterocycles. The highest BCUT2D eigenvalue weighted by atomic mass is 35.5. The number of nitrogens with zero attached hydrogens (tertiary/aromatic N) is 2. The summed E-state index contributed by atoms with van der Waals surface area (Å²) in [5.41, 5.74) is 11.8. The summed E-state index contributed by atoms with van der Waals surface area (Å²) in [5, 5.41) is 0.274. The standard InChI is InChI=1S/C12H13ClN4O/c1-12(11(15)18)4-2-3-7(5-12)8-9(13)16-6-17-10(8)14/h2-4,6H,5H2,1H3,(H2,15,18)(H2,14,16,17). The smallest absolute Gasteiger partial charge is 0.227 e. The van der Waals surface area contributed by atoms with E-state index in [0.29, 0.717) is 17.8 Å². The van der Waals surface area contributed by atoms with Gasteiger partial charge in [-0.15, -0.1) is 0 Å². The van der Waals surface area contributed by atoms with Gasteiger partial charge in [-0.2, -0.15) is 0 Å². The summed E-state index contributed by atoms with van der Waals surface area (Å²) in [7, 11) is 0. The number of carbonyl (C=O) groups excluding carboxylic acids is 1. The van der Waals surface area contributed by atoms with E-state index in [1.54, 1.807) is 19.1 Å². The second kappa shape index (κ2) is 4.42. The molecule has 1 atom stereocenters. The molecule has 0 fully saturated rings. The van der Waals surface area contributed by atoms with E-state index in [2.05, 4.69) is 9.97 Å². The second-order valence-corrected chi connectivity index (χ2v) is 4.79. The van der Waals surface area contributed by atoms with Gasteiger partial charge in [0, 0.05) is 0 Å². The van der Waals surface area contributed by atoms with Crippen molar-refractivity contribution >= 4 is 28.9 Å². The largest absolute Gasteiger partial charge is 0.383 e. The van der Waals surface area contributed by atoms with E-state index >= 15 is 0 Å². The first-order valence-electron chi connectivity index (χ1n) is 5.39. The van der Waals surface area contributed by atoms with Crippen molar-refractivity contribution in [3.05, 3.63) is 35.3 Å². The fourth-order valence-electron chi connectivity index (χ4n) is 1.90. The summed E-state index contributed by atoms with van der Waals surface area (Å²) in [6.07, 6.45) is 7.11. The first-order valence-corrected chi connectivity index (χ1v) is 5.76. The van der Waals surface area contributed by atoms with Crippen LogP contribution in [0.25, 0.3) is 5.57 Å². The number of carbonyl (C=O) groups is 1. The van der Waals surface area contributed by atoms with E-state index < -0.39 is 11.3 Å². The molecule has 0 aliphatic heterocycles. The summed E-state index contributed by atoms with van der Waals surface area (Å²) in [5.74, 6) is -0.0979. The number of halogens is 1. The SMILES string of the molecule is CC1(C(N)=O)C=CC=C(c2c(N)ncnc2Cl)C1. The summed E-state index contributed by atoms with van der Waals surface area (Å²) in [6.45, 7) is 1.77. The van der Waals surface area contributed by atoms with Gasteiger partial charge < -0.3 is 11.5 Å². The molecule has 0 aromatic carbocycles. The molecular formula is C12H13ClN4O. The van der Waals surface area contributed by atoms with Gasteiger partial charge in [0.05, 0.1) is 11.0 Å². The van der Waals surface area contributed by atoms with Gasteiger partial charge >= 0.3 is 0 Å². The van der Waals surface area contributed by atoms with Crippen LogP contribution in [0, 0.1) is 5.41 Å². The lowest BCUT2D eigenvalue weighted by Gasteiger charge is -2.26. The average Bonchev–Trinajstić information content (AvgIpc) is 2.28. The number of anilines is 1. The van der Waals surface area contributed by atoms with Crippen molar-refractivity contribution in [2.24, 2.45) is 11.1 Å². The quantitative estimate of drug-likeness (QED) is 0.792. The number of nitrogens with two attached hydrogens (primary N) is 2. The minimum Gasteiger partial charge on any atom is -0.383 e. The van der Waals surface area contributed by atoms with Crippen LogP contribution in [0.15, 0.2) is 24.6 Å². The molecule has 4 N–H and O–H groups in total. The molecule has 0 bridgehead atoms. The zero-order chi connectivity index (χ0) is 13.3. The number of nitrogen functional groups attached to an aromatic ring is 1. The fraction of sp³-hybridized carbons (Fsp3) is 0.250. The fourth-order valence-corrected chi connectivity index (χ4v) is 2.17. The lowest BCUT2D eigenvalue weighted by molar-refractivity contribution is -0.124. The molecule has 1 unspecified atom stereocenters. The number of aromatic nitrogens is 2. The van der Waals surface area contributed by atoms with Gasteiger partial charge in [0.25, 0.3) is 0 Å². The third kappa shape index (κ3) is 2.09. The van der Waals surface area contributed by atoms with Crippen molar-refractivity contribution in [2.45, 2.75) is 13.3 Å². The Hall–Kier alpha value is -1.88. The average molecular weight is 265 g/mol. The number of allylic oxidation sites excluding steroid dienone is 3. The summed E-state index contributed by atoms with van der Waals surface area (Å²) >= 11 is 6.02. The number of hydrogen-bond donors (Lipinski definition) is 2. The zero-order valence-electron chi connectivity index (χ0n) is 9.85. The van der Waals surface area contributed by atoms with Crippen LogP contribution >= 0.6 is 11.6 Å². The summed E-state index contributed by atoms with van der Waals surface area (Å²) < 4.78 is 0. The number of hydrogen-bond acceptors (Lipinski definition) is 4. The molecule has 6 heteroatoms. The molecule has 1 aromatic heterocycles. The Bertz CT molecular complexity index is 547. The first-order chi connectivity index (χ1) is 8.44. The van der Waals surface area contributed by atoms with Crippen molar-refractivity contribution in [2.75, 3.05) is 5.73 Å². The van der Waals surface area contributed by atoms with E-state index in [9.17, 15) is 4.79 Å². The van der Waals surface area contributed by atoms with Crippen molar-refractivity contribution in [3.8, 4) is 0 Å². The van der Waals surface area contributed by atoms with Crippen LogP contribution in [-0.4, -0.2) is 15.9 Å². The highest BCUT2D eigenvalue weighted by Crippen LogP contribution is 2.39. The third-order valence-corrected chi connectivity index (χ3v) is 3.32. The Morgan fingerprint density at radius 2 is 2.22 bits per heavy atom. The molecule has 0 saturated carbocycles. The lowest BCUT2D eigenvalue weighted by atomic mass is 9.78. The molecule has 0 spiro atoms. The van der Waals surface area contributed by atoms with Gasteiger partial charge in [0.15, 0.2) is 0 Å². The van der Waals surface area contributed by atoms with Crippen molar-refractivity contribution < 1.29 is 4.79 Å². The molecule has 0 radical (unpaired) electrons. The second-order valence-electron chi connectivity index (χ2n) is 4.43. The Balaban J connectivity index is 2.45. The van der Waals surface area contributed by atoms with Crippen LogP contribution in [-0.2, 0) is 4.79 Å². The van der Waals surface area contributed by atoms with E-state index in [1.807, 2.05) is 6.08 Å². The van der Waals surface area contributed by atoms with Crippen LogP contribution in [0.4, 0.5) is 5.82 Å². The van der Waals surface area contributed by atoms with Gasteiger partial charge in [-0.3, -0.25) is 4.79 Å². The predicted octanol–water partition coefficient (Wildman–Crippen LogP) is 1.55. The predicted molar refractivity (Wildman–Crippen MR) is 70.5 cm³/mol. The third-order valence-electron chi connectivity index (χ3n) is 3.03. The maximum absolute atomic E-state index is 11.5. The van der Waals surface area contributed by atoms with Crippen LogP contribution in [0.2, 0.25) is 5.15 Å². The van der Waals surface area contributed by atoms with E-state index in [-0.39, 0.29) is 5.15 Å². The van der Waals surface area contributed by atoms with Crippen LogP contribution in [0.3, 0.4) is 0 Å². The Morgan fingerprint density at radius 1 is 1.50 bits per heavy atom. The van der Waals surface area contributed by atoms with E-state index in [1.165, 1.54) is 6.33 Å². The van der Waals surface area contributed by atoms with Crippen molar-refractivity contribution in [1.29, 1.82) is 0 Å². The maximum atomic E-state index is 11.5. The van der Waals surface area contributed by atoms with Gasteiger partial charge in [-0.05, 0) is 18.9 Å². The van der Waals surface area contributed by atoms with Crippen LogP contribution in [0.1, 0.15) is 18.9 Å². The number of primary amides is 1. The molecule has 1 aromatic rings. The van der Waals surface area contributed by atoms with Gasteiger partial charge in [0.2, 0.25) is 5.91 Å². The Labute approximate surface area is 110 Å². The Morgan fingerprint density at radius 3 is 2.83 bits per heavy atom. The van der Waals surface area contributed by atoms with Crippen molar-refractivity contribution in [3.63, 3.8) is 0 Å². The minimum atomic E-state index is -0.740. The van der Waals surface area contributed by atoms with E-state index in [4.69, 9.17) is 23.1 Å². The number of amides is 1. The molecular weight excluding hydrogens is 252 g/mol. The van der Waals surface area contributed by atoms with Gasteiger partial charge in [-0.1, -0.05) is 29.8 Å². The van der Waals surface area contributed by atoms with E-state index in [0.717, 1.165) is 5.57 Å². The zero-order valence-corrected chi connectivity index (χ0v) is 10.6. The molecule has 5 nitrogen and oxygen atoms in total. The summed E-state index contributed by atoms with van der Waals surface area (Å²) in [4.78, 5) is 19.3. The normalized spacial score (nSPS) is 22.7. The monoisotopic (exact) mass is 264 g/mol. The van der Waals surface area contributed by atoms with Crippen LogP contribution < -0.4 is 11.5 Å².